The lowest BCUT2D eigenvalue weighted by Gasteiger charge is -2.13. The molecule has 0 aliphatic heterocycles. The first kappa shape index (κ1) is 27.3. The molecule has 0 radical (unpaired) electrons. The molecule has 0 saturated carbocycles. The molecular weight excluding hydrogens is 592 g/mol. The van der Waals surface area contributed by atoms with Gasteiger partial charge < -0.3 is 0 Å². The van der Waals surface area contributed by atoms with Crippen LogP contribution < -0.4 is 33.4 Å². The minimum Gasteiger partial charge on any atom is -0.267 e. The highest BCUT2D eigenvalue weighted by atomic mass is 32.1. The Bertz CT molecular complexity index is 2490. The molecule has 0 bridgehead atoms. The van der Waals surface area contributed by atoms with E-state index in [1.54, 1.807) is 72.8 Å². The fourth-order valence-electron chi connectivity index (χ4n) is 4.43. The average Bonchev–Trinajstić information content (AvgIpc) is 3.04. The molecule has 0 amide bonds. The smallest absolute Gasteiger partial charge is 0.267 e. The predicted molar refractivity (Wildman–Crippen MR) is 156 cm³/mol. The molecule has 17 heteroatoms. The molecule has 4 heterocycles. The van der Waals surface area contributed by atoms with Gasteiger partial charge in [0.1, 0.15) is 23.3 Å². The molecule has 0 saturated heterocycles. The van der Waals surface area contributed by atoms with Crippen LogP contribution in [0.25, 0.3) is 34.1 Å². The minimum atomic E-state index is -1.47. The van der Waals surface area contributed by atoms with Gasteiger partial charge in [-0.05, 0) is 12.2 Å². The topological polar surface area (TPSA) is 226 Å². The highest BCUT2D eigenvalue weighted by Crippen LogP contribution is 2.19. The summed E-state index contributed by atoms with van der Waals surface area (Å²) in [5.41, 5.74) is -8.65. The molecule has 0 aliphatic carbocycles. The maximum absolute atomic E-state index is 13.1. The fourth-order valence-corrected chi connectivity index (χ4v) is 4.69. The second-order valence-electron chi connectivity index (χ2n) is 8.95. The maximum Gasteiger partial charge on any atom is 0.338 e. The van der Waals surface area contributed by atoms with Gasteiger partial charge in [-0.1, -0.05) is 60.7 Å². The van der Waals surface area contributed by atoms with Crippen molar-refractivity contribution in [3.63, 3.8) is 0 Å². The van der Waals surface area contributed by atoms with Crippen molar-refractivity contribution in [2.75, 3.05) is 0 Å². The number of rotatable bonds is 2. The van der Waals surface area contributed by atoms with Gasteiger partial charge in [-0.15, -0.1) is 0 Å². The summed E-state index contributed by atoms with van der Waals surface area (Å²) < 4.78 is 1.45. The number of aromatic amines is 2. The number of nitriles is 2. The standard InChI is InChI=1S/C27H12N10O6S/c28-11-15-17(13-7-3-1-4-8-13)30-25-32-36(23(42)21(40)34(25)19(15)38)27(44)37-24(43)22(41)35-20(39)16(12-29)18(31-26(35)33-37)14-9-5-2-6-10-14/h1-10H,(H,30,32)(H,31,33). The lowest BCUT2D eigenvalue weighted by atomic mass is 10.1. The normalized spacial score (nSPS) is 10.9. The summed E-state index contributed by atoms with van der Waals surface area (Å²) in [7, 11) is 0. The second kappa shape index (κ2) is 10.2. The van der Waals surface area contributed by atoms with Crippen molar-refractivity contribution < 1.29 is 0 Å². The summed E-state index contributed by atoms with van der Waals surface area (Å²) in [6.45, 7) is 0. The molecule has 6 rings (SSSR count). The van der Waals surface area contributed by atoms with Crippen LogP contribution in [0.15, 0.2) is 89.4 Å². The second-order valence-corrected chi connectivity index (χ2v) is 9.32. The summed E-state index contributed by atoms with van der Waals surface area (Å²) >= 11 is 5.27. The Balaban J connectivity index is 1.63. The summed E-state index contributed by atoms with van der Waals surface area (Å²) in [4.78, 5) is 86.9. The molecule has 0 spiro atoms. The van der Waals surface area contributed by atoms with Gasteiger partial charge in [-0.2, -0.15) is 19.9 Å². The van der Waals surface area contributed by atoms with Gasteiger partial charge >= 0.3 is 22.2 Å². The van der Waals surface area contributed by atoms with Gasteiger partial charge in [0.05, 0.1) is 11.4 Å². The maximum atomic E-state index is 13.1. The molecule has 0 atom stereocenters. The van der Waals surface area contributed by atoms with Crippen molar-refractivity contribution in [1.82, 2.24) is 38.3 Å². The van der Waals surface area contributed by atoms with Gasteiger partial charge in [0, 0.05) is 11.1 Å². The number of hydrogen-bond acceptors (Lipinski definition) is 11. The Morgan fingerprint density at radius 3 is 1.30 bits per heavy atom. The van der Waals surface area contributed by atoms with Gasteiger partial charge in [0.2, 0.25) is 16.7 Å². The van der Waals surface area contributed by atoms with Crippen LogP contribution in [0.4, 0.5) is 0 Å². The first-order valence-corrected chi connectivity index (χ1v) is 12.7. The number of H-pyrrole nitrogens is 2. The zero-order valence-electron chi connectivity index (χ0n) is 21.7. The Labute approximate surface area is 246 Å². The van der Waals surface area contributed by atoms with Crippen molar-refractivity contribution in [2.24, 2.45) is 0 Å². The number of benzene rings is 2. The molecule has 0 aliphatic rings. The Morgan fingerprint density at radius 1 is 0.591 bits per heavy atom. The van der Waals surface area contributed by atoms with E-state index in [1.807, 2.05) is 0 Å². The minimum absolute atomic E-state index is 0.105. The van der Waals surface area contributed by atoms with E-state index in [4.69, 9.17) is 12.2 Å². The van der Waals surface area contributed by atoms with E-state index in [-0.39, 0.29) is 11.4 Å². The zero-order valence-corrected chi connectivity index (χ0v) is 22.5. The Morgan fingerprint density at radius 2 is 0.955 bits per heavy atom. The Hall–Kier alpha value is -6.85. The van der Waals surface area contributed by atoms with Gasteiger partial charge in [-0.25, -0.2) is 18.8 Å². The number of nitrogens with zero attached hydrogens (tertiary/aromatic N) is 8. The van der Waals surface area contributed by atoms with Gasteiger partial charge in [0.15, 0.2) is 0 Å². The molecule has 0 fully saturated rings. The SMILES string of the molecule is N#Cc1c(-c2ccccc2)nc2[nH]n(C(=S)n3[nH]c4nc(-c5ccccc5)c(C#N)c(=O)n4c(=O)c3=O)c(=O)c(=O)n2c1=O. The summed E-state index contributed by atoms with van der Waals surface area (Å²) in [6, 6.07) is 19.5. The molecule has 16 nitrogen and oxygen atoms in total. The third kappa shape index (κ3) is 4.01. The molecule has 6 aromatic rings. The quantitative estimate of drug-likeness (QED) is 0.183. The molecule has 2 N–H and O–H groups in total. The molecular formula is C27H12N10O6S. The van der Waals surface area contributed by atoms with Crippen molar-refractivity contribution in [2.45, 2.75) is 0 Å². The molecule has 2 aromatic carbocycles. The largest absolute Gasteiger partial charge is 0.338 e. The van der Waals surface area contributed by atoms with Crippen LogP contribution in [-0.2, 0) is 0 Å². The third-order valence-electron chi connectivity index (χ3n) is 6.47. The average molecular weight is 605 g/mol. The number of thiocarbonyl (C=S) groups is 1. The first-order chi connectivity index (χ1) is 21.2. The van der Waals surface area contributed by atoms with Gasteiger partial charge in [-0.3, -0.25) is 39.0 Å². The summed E-state index contributed by atoms with van der Waals surface area (Å²) in [5.74, 6) is -1.04. The fraction of sp³-hybridized carbons (Fsp3) is 0. The van der Waals surface area contributed by atoms with E-state index in [2.05, 4.69) is 20.2 Å². The molecule has 0 unspecified atom stereocenters. The van der Waals surface area contributed by atoms with Gasteiger partial charge in [0.25, 0.3) is 11.1 Å². The van der Waals surface area contributed by atoms with E-state index in [1.165, 1.54) is 0 Å². The first-order valence-electron chi connectivity index (χ1n) is 12.3. The van der Waals surface area contributed by atoms with Crippen LogP contribution in [0.2, 0.25) is 0 Å². The van der Waals surface area contributed by atoms with Crippen LogP contribution in [0.3, 0.4) is 0 Å². The Kier molecular flexibility index (Phi) is 6.34. The highest BCUT2D eigenvalue weighted by Gasteiger charge is 2.23. The molecule has 44 heavy (non-hydrogen) atoms. The third-order valence-corrected chi connectivity index (χ3v) is 6.83. The number of hydrogen-bond donors (Lipinski definition) is 2. The number of fused-ring (bicyclic) bond motifs is 2. The lowest BCUT2D eigenvalue weighted by molar-refractivity contribution is 0.715. The van der Waals surface area contributed by atoms with Crippen molar-refractivity contribution in [3.8, 4) is 34.7 Å². The van der Waals surface area contributed by atoms with E-state index in [0.29, 0.717) is 29.3 Å². The molecule has 4 aromatic heterocycles. The number of nitrogens with one attached hydrogen (secondary N) is 2. The van der Waals surface area contributed by atoms with Crippen LogP contribution in [0, 0.1) is 22.7 Å². The van der Waals surface area contributed by atoms with Crippen molar-refractivity contribution in [3.05, 3.63) is 134 Å². The van der Waals surface area contributed by atoms with E-state index in [9.17, 15) is 39.3 Å². The van der Waals surface area contributed by atoms with E-state index < -0.39 is 61.2 Å². The summed E-state index contributed by atoms with van der Waals surface area (Å²) in [5, 5.41) is 23.2. The van der Waals surface area contributed by atoms with E-state index >= 15 is 0 Å². The highest BCUT2D eigenvalue weighted by molar-refractivity contribution is 7.80. The monoisotopic (exact) mass is 604 g/mol. The van der Waals surface area contributed by atoms with Crippen LogP contribution >= 0.6 is 12.2 Å². The van der Waals surface area contributed by atoms with Crippen molar-refractivity contribution in [1.29, 1.82) is 10.5 Å². The molecule has 212 valence electrons. The summed E-state index contributed by atoms with van der Waals surface area (Å²) in [6.07, 6.45) is 0. The van der Waals surface area contributed by atoms with Crippen molar-refractivity contribution >= 4 is 28.9 Å². The zero-order chi connectivity index (χ0) is 31.3. The lowest BCUT2D eigenvalue weighted by Crippen LogP contribution is -2.53. The van der Waals surface area contributed by atoms with Crippen LogP contribution in [-0.4, -0.2) is 43.4 Å². The predicted octanol–water partition coefficient (Wildman–Crippen LogP) is -0.839. The van der Waals surface area contributed by atoms with Crippen LogP contribution in [0.5, 0.6) is 0 Å². The van der Waals surface area contributed by atoms with Crippen LogP contribution in [0.1, 0.15) is 11.1 Å². The van der Waals surface area contributed by atoms with E-state index in [0.717, 1.165) is 0 Å². The number of aromatic nitrogens is 8.